The Balaban J connectivity index is 1.26. The first-order valence-electron chi connectivity index (χ1n) is 13.1. The average Bonchev–Trinajstić information content (AvgIpc) is 3.36. The van der Waals surface area contributed by atoms with Gasteiger partial charge in [0, 0.05) is 38.3 Å². The van der Waals surface area contributed by atoms with Crippen molar-refractivity contribution in [2.45, 2.75) is 70.1 Å². The molecule has 2 aromatic rings. The van der Waals surface area contributed by atoms with Crippen molar-refractivity contribution in [3.8, 4) is 0 Å². The summed E-state index contributed by atoms with van der Waals surface area (Å²) in [6.07, 6.45) is -1.72. The van der Waals surface area contributed by atoms with Gasteiger partial charge in [0.2, 0.25) is 23.2 Å². The third kappa shape index (κ3) is 3.95. The minimum atomic E-state index is -4.49. The van der Waals surface area contributed by atoms with Crippen molar-refractivity contribution < 1.29 is 37.2 Å². The monoisotopic (exact) mass is 544 g/mol. The summed E-state index contributed by atoms with van der Waals surface area (Å²) in [5.41, 5.74) is -0.0111. The van der Waals surface area contributed by atoms with Gasteiger partial charge in [0.25, 0.3) is 5.91 Å². The second-order valence-corrected chi connectivity index (χ2v) is 11.1. The summed E-state index contributed by atoms with van der Waals surface area (Å²) in [5.74, 6) is -1.08. The number of rotatable bonds is 4. The number of nitrogens with one attached hydrogen (secondary N) is 1. The highest BCUT2D eigenvalue weighted by atomic mass is 19.4. The molecule has 4 aliphatic rings. The van der Waals surface area contributed by atoms with Gasteiger partial charge < -0.3 is 10.0 Å². The van der Waals surface area contributed by atoms with Crippen molar-refractivity contribution in [3.63, 3.8) is 0 Å². The molecule has 0 spiro atoms. The van der Waals surface area contributed by atoms with Crippen LogP contribution in [0.25, 0.3) is 0 Å². The van der Waals surface area contributed by atoms with E-state index >= 15 is 0 Å². The lowest BCUT2D eigenvalue weighted by atomic mass is 9.66. The summed E-state index contributed by atoms with van der Waals surface area (Å²) in [6.45, 7) is 4.16. The Bertz CT molecular complexity index is 1380. The van der Waals surface area contributed by atoms with E-state index in [1.165, 1.54) is 17.2 Å². The molecular formula is C27H29F3N5O4+. The lowest BCUT2D eigenvalue weighted by Gasteiger charge is -2.46. The van der Waals surface area contributed by atoms with Gasteiger partial charge in [-0.2, -0.15) is 17.7 Å². The van der Waals surface area contributed by atoms with Crippen LogP contribution in [0.5, 0.6) is 0 Å². The molecule has 0 bridgehead atoms. The normalized spacial score (nSPS) is 28.8. The zero-order valence-corrected chi connectivity index (χ0v) is 21.4. The van der Waals surface area contributed by atoms with E-state index < -0.39 is 34.8 Å². The number of hydrogen-bond acceptors (Lipinski definition) is 6. The van der Waals surface area contributed by atoms with Gasteiger partial charge in [0.1, 0.15) is 23.8 Å². The summed E-state index contributed by atoms with van der Waals surface area (Å²) < 4.78 is 40.8. The highest BCUT2D eigenvalue weighted by molar-refractivity contribution is 6.05. The average molecular weight is 545 g/mol. The van der Waals surface area contributed by atoms with Crippen molar-refractivity contribution in [2.24, 2.45) is 5.41 Å². The van der Waals surface area contributed by atoms with Crippen LogP contribution in [0.2, 0.25) is 0 Å². The van der Waals surface area contributed by atoms with Gasteiger partial charge in [-0.25, -0.2) is 0 Å². The Hall–Kier alpha value is -3.38. The first-order valence-corrected chi connectivity index (χ1v) is 13.1. The van der Waals surface area contributed by atoms with E-state index in [-0.39, 0.29) is 31.2 Å². The summed E-state index contributed by atoms with van der Waals surface area (Å²) in [5, 5.41) is 14.4. The number of nitrogens with zero attached hydrogens (tertiary/aromatic N) is 4. The number of hydrogen-bond donors (Lipinski definition) is 2. The van der Waals surface area contributed by atoms with Crippen LogP contribution in [-0.2, 0) is 41.0 Å². The van der Waals surface area contributed by atoms with Gasteiger partial charge in [0.05, 0.1) is 5.41 Å². The molecule has 206 valence electrons. The highest BCUT2D eigenvalue weighted by Crippen LogP contribution is 2.52. The van der Waals surface area contributed by atoms with Crippen LogP contribution in [0.1, 0.15) is 65.6 Å². The fourth-order valence-electron chi connectivity index (χ4n) is 6.87. The van der Waals surface area contributed by atoms with Crippen LogP contribution in [0.3, 0.4) is 0 Å². The Morgan fingerprint density at radius 3 is 2.67 bits per heavy atom. The lowest BCUT2D eigenvalue weighted by Crippen LogP contribution is -2.56. The van der Waals surface area contributed by atoms with E-state index in [1.807, 2.05) is 11.5 Å². The molecule has 9 nitrogen and oxygen atoms in total. The van der Waals surface area contributed by atoms with Gasteiger partial charge in [-0.1, -0.05) is 13.0 Å². The smallest absolute Gasteiger partial charge is 0.378 e. The molecule has 2 N–H and O–H groups in total. The third-order valence-electron chi connectivity index (χ3n) is 9.01. The first-order chi connectivity index (χ1) is 18.5. The van der Waals surface area contributed by atoms with E-state index in [0.717, 1.165) is 17.5 Å². The Morgan fingerprint density at radius 1 is 1.21 bits per heavy atom. The number of imide groups is 1. The van der Waals surface area contributed by atoms with E-state index in [0.29, 0.717) is 50.1 Å². The standard InChI is InChI=1S/C27H28F3N5O4/c1-2-25-14-33(12-16-3-6-20(31-11-16)27(28,29)30)10-9-26(25,39)21-7-4-17-19(35(21)15-25)13-34(24(17)38)18-5-8-22(36)32-23(18)37/h3-4,6-7,11,18,39H,2,5,8-10,12-15H2,1H3/p+1/t18-,25?,26+/m1/s1. The molecule has 0 aromatic carbocycles. The molecule has 3 amide bonds. The van der Waals surface area contributed by atoms with Crippen molar-refractivity contribution in [2.75, 3.05) is 13.1 Å². The molecule has 4 aliphatic heterocycles. The van der Waals surface area contributed by atoms with Crippen LogP contribution in [0.15, 0.2) is 30.5 Å². The molecule has 0 aliphatic carbocycles. The summed E-state index contributed by atoms with van der Waals surface area (Å²) >= 11 is 0. The molecule has 6 rings (SSSR count). The number of likely N-dealkylation sites (tertiary alicyclic amines) is 1. The maximum absolute atomic E-state index is 13.3. The lowest BCUT2D eigenvalue weighted by molar-refractivity contribution is -0.706. The highest BCUT2D eigenvalue weighted by Gasteiger charge is 2.65. The third-order valence-corrected chi connectivity index (χ3v) is 9.01. The van der Waals surface area contributed by atoms with Gasteiger partial charge in [-0.3, -0.25) is 29.6 Å². The SMILES string of the molecule is CCC12CN(Cc3ccc(C(F)(F)F)nc3)CC[C@]1(O)c1ccc3c([n+]1C2)CN([C@@H]1CCC(=O)NC1=O)C3=O. The topological polar surface area (TPSA) is 107 Å². The van der Waals surface area contributed by atoms with Crippen molar-refractivity contribution >= 4 is 17.7 Å². The zero-order chi connectivity index (χ0) is 27.7. The number of halogens is 3. The van der Waals surface area contributed by atoms with Gasteiger partial charge in [0.15, 0.2) is 12.1 Å². The number of carbonyl (C=O) groups excluding carboxylic acids is 3. The predicted molar refractivity (Wildman–Crippen MR) is 128 cm³/mol. The minimum absolute atomic E-state index is 0.171. The molecule has 3 atom stereocenters. The minimum Gasteiger partial charge on any atom is -0.378 e. The molecular weight excluding hydrogens is 515 g/mol. The molecule has 0 radical (unpaired) electrons. The molecule has 12 heteroatoms. The van der Waals surface area contributed by atoms with Crippen molar-refractivity contribution in [1.82, 2.24) is 20.1 Å². The second kappa shape index (κ2) is 8.82. The number of aromatic nitrogens is 2. The van der Waals surface area contributed by atoms with Crippen molar-refractivity contribution in [3.05, 3.63) is 58.7 Å². The maximum Gasteiger partial charge on any atom is 0.433 e. The van der Waals surface area contributed by atoms with Crippen LogP contribution in [0.4, 0.5) is 13.2 Å². The Morgan fingerprint density at radius 2 is 2.00 bits per heavy atom. The quantitative estimate of drug-likeness (QED) is 0.448. The number of aliphatic hydroxyl groups is 1. The molecule has 2 aromatic heterocycles. The molecule has 6 heterocycles. The van der Waals surface area contributed by atoms with Crippen LogP contribution in [-0.4, -0.2) is 56.7 Å². The molecule has 2 fully saturated rings. The van der Waals surface area contributed by atoms with Gasteiger partial charge >= 0.3 is 6.18 Å². The number of carbonyl (C=O) groups is 3. The second-order valence-electron chi connectivity index (χ2n) is 11.1. The summed E-state index contributed by atoms with van der Waals surface area (Å²) in [4.78, 5) is 44.6. The number of piperidine rings is 2. The number of amides is 3. The van der Waals surface area contributed by atoms with Crippen molar-refractivity contribution in [1.29, 1.82) is 0 Å². The van der Waals surface area contributed by atoms with Crippen LogP contribution in [0, 0.1) is 5.41 Å². The number of fused-ring (bicyclic) bond motifs is 5. The molecule has 2 saturated heterocycles. The van der Waals surface area contributed by atoms with E-state index in [1.54, 1.807) is 12.1 Å². The maximum atomic E-state index is 13.3. The largest absolute Gasteiger partial charge is 0.433 e. The van der Waals surface area contributed by atoms with E-state index in [4.69, 9.17) is 0 Å². The number of alkyl halides is 3. The van der Waals surface area contributed by atoms with Gasteiger partial charge in [-0.15, -0.1) is 0 Å². The summed E-state index contributed by atoms with van der Waals surface area (Å²) in [6, 6.07) is 5.23. The van der Waals surface area contributed by atoms with E-state index in [9.17, 15) is 32.7 Å². The fourth-order valence-corrected chi connectivity index (χ4v) is 6.87. The van der Waals surface area contributed by atoms with E-state index in [2.05, 4.69) is 15.2 Å². The first kappa shape index (κ1) is 25.9. The zero-order valence-electron chi connectivity index (χ0n) is 21.4. The Kier molecular flexibility index (Phi) is 5.85. The fraction of sp³-hybridized carbons (Fsp3) is 0.519. The number of pyridine rings is 2. The van der Waals surface area contributed by atoms with Gasteiger partial charge in [-0.05, 0) is 37.0 Å². The predicted octanol–water partition coefficient (Wildman–Crippen LogP) is 1.65. The molecule has 39 heavy (non-hydrogen) atoms. The Labute approximate surface area is 222 Å². The molecule has 1 unspecified atom stereocenters. The van der Waals surface area contributed by atoms with Crippen LogP contribution < -0.4 is 9.88 Å². The molecule has 0 saturated carbocycles. The summed E-state index contributed by atoms with van der Waals surface area (Å²) in [7, 11) is 0. The van der Waals surface area contributed by atoms with Crippen LogP contribution >= 0.6 is 0 Å².